The summed E-state index contributed by atoms with van der Waals surface area (Å²) >= 11 is 6.27. The molecule has 0 saturated heterocycles. The molecule has 1 aromatic heterocycles. The lowest BCUT2D eigenvalue weighted by Gasteiger charge is -2.16. The molecule has 0 spiro atoms. The van der Waals surface area contributed by atoms with Crippen molar-refractivity contribution in [2.75, 3.05) is 0 Å². The molecule has 1 heterocycles. The van der Waals surface area contributed by atoms with Crippen molar-refractivity contribution in [3.8, 4) is 28.1 Å². The van der Waals surface area contributed by atoms with Crippen LogP contribution in [0.4, 0.5) is 0 Å². The van der Waals surface area contributed by atoms with Crippen LogP contribution in [0, 0.1) is 13.8 Å². The highest BCUT2D eigenvalue weighted by Gasteiger charge is 2.17. The van der Waals surface area contributed by atoms with Crippen molar-refractivity contribution in [2.24, 2.45) is 0 Å². The Morgan fingerprint density at radius 1 is 0.885 bits per heavy atom. The van der Waals surface area contributed by atoms with E-state index in [1.165, 1.54) is 0 Å². The molecule has 0 bridgehead atoms. The van der Waals surface area contributed by atoms with Gasteiger partial charge in [0.25, 0.3) is 0 Å². The Balaban J connectivity index is 2.12. The molecule has 0 atom stereocenters. The second-order valence-corrected chi connectivity index (χ2v) is 6.94. The van der Waals surface area contributed by atoms with Gasteiger partial charge in [0.2, 0.25) is 0 Å². The van der Waals surface area contributed by atoms with Gasteiger partial charge < -0.3 is 5.11 Å². The van der Waals surface area contributed by atoms with Crippen molar-refractivity contribution < 1.29 is 5.11 Å². The smallest absolute Gasteiger partial charge is 0.125 e. The van der Waals surface area contributed by atoms with Gasteiger partial charge in [-0.05, 0) is 60.9 Å². The van der Waals surface area contributed by atoms with Crippen molar-refractivity contribution in [1.29, 1.82) is 0 Å². The van der Waals surface area contributed by atoms with Gasteiger partial charge in [0.05, 0.1) is 11.2 Å². The van der Waals surface area contributed by atoms with E-state index in [1.54, 1.807) is 6.07 Å². The van der Waals surface area contributed by atoms with E-state index in [0.29, 0.717) is 5.02 Å². The number of phenols is 1. The number of nitrogens with zero attached hydrogens (tertiary/aromatic N) is 1. The minimum Gasteiger partial charge on any atom is -0.507 e. The number of aromatic hydroxyl groups is 1. The molecule has 0 fully saturated rings. The predicted octanol–water partition coefficient (Wildman–Crippen LogP) is 6.54. The summed E-state index contributed by atoms with van der Waals surface area (Å²) in [7, 11) is 0. The van der Waals surface area contributed by atoms with Gasteiger partial charge >= 0.3 is 0 Å². The van der Waals surface area contributed by atoms with E-state index in [9.17, 15) is 5.11 Å². The monoisotopic (exact) mass is 359 g/mol. The molecule has 3 aromatic carbocycles. The summed E-state index contributed by atoms with van der Waals surface area (Å²) < 4.78 is 0. The standard InChI is InChI=1S/C23H18ClNO/c1-14-8-11-21(26)19(12-14)23-15(2)22(16-6-4-3-5-7-16)18-13-17(24)9-10-20(18)25-23/h3-13,26H,1-2H3. The largest absolute Gasteiger partial charge is 0.507 e. The summed E-state index contributed by atoms with van der Waals surface area (Å²) in [5.41, 5.74) is 6.69. The van der Waals surface area contributed by atoms with Crippen LogP contribution in [0.1, 0.15) is 11.1 Å². The number of hydrogen-bond acceptors (Lipinski definition) is 2. The van der Waals surface area contributed by atoms with Gasteiger partial charge in [-0.15, -0.1) is 0 Å². The molecule has 4 aromatic rings. The number of rotatable bonds is 2. The fourth-order valence-corrected chi connectivity index (χ4v) is 3.58. The van der Waals surface area contributed by atoms with Crippen LogP contribution >= 0.6 is 11.6 Å². The molecule has 0 saturated carbocycles. The van der Waals surface area contributed by atoms with E-state index >= 15 is 0 Å². The van der Waals surface area contributed by atoms with E-state index in [-0.39, 0.29) is 5.75 Å². The minimum atomic E-state index is 0.235. The topological polar surface area (TPSA) is 33.1 Å². The van der Waals surface area contributed by atoms with E-state index in [0.717, 1.165) is 44.4 Å². The minimum absolute atomic E-state index is 0.235. The number of hydrogen-bond donors (Lipinski definition) is 1. The Kier molecular flexibility index (Phi) is 4.14. The van der Waals surface area contributed by atoms with Crippen molar-refractivity contribution >= 4 is 22.5 Å². The Bertz CT molecular complexity index is 1120. The molecule has 0 amide bonds. The van der Waals surface area contributed by atoms with Crippen LogP contribution in [-0.4, -0.2) is 10.1 Å². The van der Waals surface area contributed by atoms with Crippen molar-refractivity contribution in [3.05, 3.63) is 82.9 Å². The number of aryl methyl sites for hydroxylation is 1. The van der Waals surface area contributed by atoms with Crippen molar-refractivity contribution in [3.63, 3.8) is 0 Å². The fourth-order valence-electron chi connectivity index (χ4n) is 3.41. The van der Waals surface area contributed by atoms with Gasteiger partial charge in [-0.1, -0.05) is 53.6 Å². The van der Waals surface area contributed by atoms with Gasteiger partial charge in [0.1, 0.15) is 5.75 Å². The number of halogens is 1. The maximum absolute atomic E-state index is 10.4. The Hall–Kier alpha value is -2.84. The zero-order valence-corrected chi connectivity index (χ0v) is 15.4. The molecule has 0 aliphatic rings. The Labute approximate surface area is 157 Å². The summed E-state index contributed by atoms with van der Waals surface area (Å²) in [6.45, 7) is 4.06. The average molecular weight is 360 g/mol. The number of aromatic nitrogens is 1. The van der Waals surface area contributed by atoms with Crippen molar-refractivity contribution in [2.45, 2.75) is 13.8 Å². The molecule has 4 rings (SSSR count). The highest BCUT2D eigenvalue weighted by molar-refractivity contribution is 6.31. The van der Waals surface area contributed by atoms with Gasteiger partial charge in [-0.2, -0.15) is 0 Å². The van der Waals surface area contributed by atoms with Crippen LogP contribution in [0.25, 0.3) is 33.3 Å². The fraction of sp³-hybridized carbons (Fsp3) is 0.0870. The van der Waals surface area contributed by atoms with E-state index < -0.39 is 0 Å². The first-order valence-corrected chi connectivity index (χ1v) is 8.87. The van der Waals surface area contributed by atoms with E-state index in [2.05, 4.69) is 12.1 Å². The third-order valence-electron chi connectivity index (χ3n) is 4.66. The van der Waals surface area contributed by atoms with Crippen LogP contribution in [0.2, 0.25) is 5.02 Å². The summed E-state index contributed by atoms with van der Waals surface area (Å²) in [6.07, 6.45) is 0. The lowest BCUT2D eigenvalue weighted by molar-refractivity contribution is 0.477. The molecule has 26 heavy (non-hydrogen) atoms. The zero-order valence-electron chi connectivity index (χ0n) is 14.6. The summed E-state index contributed by atoms with van der Waals surface area (Å²) in [5.74, 6) is 0.235. The first-order chi connectivity index (χ1) is 12.5. The normalized spacial score (nSPS) is 11.0. The molecule has 0 radical (unpaired) electrons. The molecule has 2 nitrogen and oxygen atoms in total. The molecule has 0 aliphatic carbocycles. The van der Waals surface area contributed by atoms with Crippen LogP contribution in [0.15, 0.2) is 66.7 Å². The molecular weight excluding hydrogens is 342 g/mol. The highest BCUT2D eigenvalue weighted by atomic mass is 35.5. The Morgan fingerprint density at radius 2 is 1.65 bits per heavy atom. The first kappa shape index (κ1) is 16.6. The van der Waals surface area contributed by atoms with Gasteiger partial charge in [-0.25, -0.2) is 4.98 Å². The van der Waals surface area contributed by atoms with Crippen LogP contribution < -0.4 is 0 Å². The lowest BCUT2D eigenvalue weighted by atomic mass is 9.92. The molecule has 3 heteroatoms. The van der Waals surface area contributed by atoms with Gasteiger partial charge in [0.15, 0.2) is 0 Å². The number of benzene rings is 3. The van der Waals surface area contributed by atoms with Crippen molar-refractivity contribution in [1.82, 2.24) is 4.98 Å². The van der Waals surface area contributed by atoms with Crippen LogP contribution in [0.5, 0.6) is 5.75 Å². The SMILES string of the molecule is Cc1ccc(O)c(-c2nc3ccc(Cl)cc3c(-c3ccccc3)c2C)c1. The van der Waals surface area contributed by atoms with E-state index in [1.807, 2.05) is 62.4 Å². The number of pyridine rings is 1. The summed E-state index contributed by atoms with van der Waals surface area (Å²) in [4.78, 5) is 4.86. The van der Waals surface area contributed by atoms with Gasteiger partial charge in [0, 0.05) is 16.0 Å². The predicted molar refractivity (Wildman–Crippen MR) is 109 cm³/mol. The molecule has 0 aliphatic heterocycles. The summed E-state index contributed by atoms with van der Waals surface area (Å²) in [5, 5.41) is 12.1. The molecule has 1 N–H and O–H groups in total. The third-order valence-corrected chi connectivity index (χ3v) is 4.90. The van der Waals surface area contributed by atoms with Crippen LogP contribution in [-0.2, 0) is 0 Å². The first-order valence-electron chi connectivity index (χ1n) is 8.50. The zero-order chi connectivity index (χ0) is 18.3. The van der Waals surface area contributed by atoms with E-state index in [4.69, 9.17) is 16.6 Å². The third kappa shape index (κ3) is 2.83. The molecule has 128 valence electrons. The Morgan fingerprint density at radius 3 is 2.42 bits per heavy atom. The lowest BCUT2D eigenvalue weighted by Crippen LogP contribution is -1.96. The molecular formula is C23H18ClNO. The number of fused-ring (bicyclic) bond motifs is 1. The molecule has 0 unspecified atom stereocenters. The maximum Gasteiger partial charge on any atom is 0.125 e. The van der Waals surface area contributed by atoms with Crippen LogP contribution in [0.3, 0.4) is 0 Å². The van der Waals surface area contributed by atoms with Gasteiger partial charge in [-0.3, -0.25) is 0 Å². The second kappa shape index (κ2) is 6.47. The summed E-state index contributed by atoms with van der Waals surface area (Å²) in [6, 6.07) is 21.5. The number of phenolic OH excluding ortho intramolecular Hbond substituents is 1. The quantitative estimate of drug-likeness (QED) is 0.440. The highest BCUT2D eigenvalue weighted by Crippen LogP contribution is 2.39. The maximum atomic E-state index is 10.4. The second-order valence-electron chi connectivity index (χ2n) is 6.51. The average Bonchev–Trinajstić information content (AvgIpc) is 2.64.